The average molecular weight is 251 g/mol. The van der Waals surface area contributed by atoms with Crippen molar-refractivity contribution >= 4 is 5.91 Å². The van der Waals surface area contributed by atoms with Crippen molar-refractivity contribution in [2.24, 2.45) is 11.3 Å². The van der Waals surface area contributed by atoms with Gasteiger partial charge >= 0.3 is 0 Å². The summed E-state index contributed by atoms with van der Waals surface area (Å²) >= 11 is 0. The van der Waals surface area contributed by atoms with Gasteiger partial charge < -0.3 is 5.32 Å². The van der Waals surface area contributed by atoms with Crippen LogP contribution in [0.25, 0.3) is 0 Å². The van der Waals surface area contributed by atoms with Crippen LogP contribution in [0.15, 0.2) is 0 Å². The number of hydrogen-bond donors (Lipinski definition) is 1. The second-order valence-electron chi connectivity index (χ2n) is 6.62. The van der Waals surface area contributed by atoms with E-state index in [0.29, 0.717) is 17.9 Å². The molecule has 0 saturated carbocycles. The van der Waals surface area contributed by atoms with Gasteiger partial charge in [-0.3, -0.25) is 9.69 Å². The van der Waals surface area contributed by atoms with Crippen LogP contribution in [0.3, 0.4) is 0 Å². The first-order chi connectivity index (χ1) is 8.30. The highest BCUT2D eigenvalue weighted by Gasteiger charge is 2.30. The minimum atomic E-state index is 0.0216. The normalized spacial score (nSPS) is 25.5. The molecule has 0 spiro atoms. The Kier molecular flexibility index (Phi) is 5.15. The van der Waals surface area contributed by atoms with Gasteiger partial charge in [0.1, 0.15) is 0 Å². The van der Waals surface area contributed by atoms with Gasteiger partial charge in [0.2, 0.25) is 5.91 Å². The van der Waals surface area contributed by atoms with Crippen LogP contribution in [-0.2, 0) is 4.79 Å². The molecule has 18 heavy (non-hydrogen) atoms. The summed E-state index contributed by atoms with van der Waals surface area (Å²) in [5, 5.41) is 11.8. The first kappa shape index (κ1) is 15.0. The third kappa shape index (κ3) is 5.50. The van der Waals surface area contributed by atoms with E-state index in [2.05, 4.69) is 37.1 Å². The molecule has 1 fully saturated rings. The first-order valence-electron chi connectivity index (χ1n) is 6.66. The monoisotopic (exact) mass is 251 g/mol. The van der Waals surface area contributed by atoms with Gasteiger partial charge in [-0.15, -0.1) is 0 Å². The molecule has 1 aliphatic rings. The number of piperidine rings is 1. The van der Waals surface area contributed by atoms with Gasteiger partial charge in [0.05, 0.1) is 12.6 Å². The van der Waals surface area contributed by atoms with Crippen LogP contribution in [-0.4, -0.2) is 36.5 Å². The average Bonchev–Trinajstić information content (AvgIpc) is 2.12. The van der Waals surface area contributed by atoms with Gasteiger partial charge in [-0.1, -0.05) is 20.8 Å². The number of nitriles is 1. The van der Waals surface area contributed by atoms with Crippen molar-refractivity contribution in [3.63, 3.8) is 0 Å². The SMILES string of the molecule is CC(=O)NC1CC(CC(C)(C)C)CN(CC#N)C1. The van der Waals surface area contributed by atoms with E-state index in [0.717, 1.165) is 25.9 Å². The summed E-state index contributed by atoms with van der Waals surface area (Å²) in [5.74, 6) is 0.581. The quantitative estimate of drug-likeness (QED) is 0.778. The number of likely N-dealkylation sites (tertiary alicyclic amines) is 1. The van der Waals surface area contributed by atoms with Crippen molar-refractivity contribution in [3.8, 4) is 6.07 Å². The molecule has 0 bridgehead atoms. The Bertz CT molecular complexity index is 327. The smallest absolute Gasteiger partial charge is 0.217 e. The lowest BCUT2D eigenvalue weighted by atomic mass is 9.80. The third-order valence-electron chi connectivity index (χ3n) is 3.22. The van der Waals surface area contributed by atoms with Crippen molar-refractivity contribution in [2.45, 2.75) is 46.6 Å². The minimum absolute atomic E-state index is 0.0216. The van der Waals surface area contributed by atoms with Crippen LogP contribution >= 0.6 is 0 Å². The Morgan fingerprint density at radius 2 is 2.11 bits per heavy atom. The van der Waals surface area contributed by atoms with Crippen LogP contribution in [0.1, 0.15) is 40.5 Å². The molecule has 0 aromatic heterocycles. The molecule has 1 N–H and O–H groups in total. The lowest BCUT2D eigenvalue weighted by Gasteiger charge is -2.39. The van der Waals surface area contributed by atoms with Crippen molar-refractivity contribution in [1.29, 1.82) is 5.26 Å². The Hall–Kier alpha value is -1.08. The summed E-state index contributed by atoms with van der Waals surface area (Å²) in [6, 6.07) is 2.40. The van der Waals surface area contributed by atoms with E-state index in [1.54, 1.807) is 6.92 Å². The Morgan fingerprint density at radius 3 is 2.61 bits per heavy atom. The molecule has 1 heterocycles. The van der Waals surface area contributed by atoms with Crippen molar-refractivity contribution in [1.82, 2.24) is 10.2 Å². The molecular weight excluding hydrogens is 226 g/mol. The highest BCUT2D eigenvalue weighted by atomic mass is 16.1. The fourth-order valence-electron chi connectivity index (χ4n) is 2.94. The Labute approximate surface area is 110 Å². The van der Waals surface area contributed by atoms with Crippen LogP contribution in [0.5, 0.6) is 0 Å². The summed E-state index contributed by atoms with van der Waals surface area (Å²) in [4.78, 5) is 13.3. The molecule has 4 heteroatoms. The first-order valence-corrected chi connectivity index (χ1v) is 6.66. The maximum absolute atomic E-state index is 11.2. The van der Waals surface area contributed by atoms with Gasteiger partial charge in [-0.2, -0.15) is 5.26 Å². The number of carbonyl (C=O) groups excluding carboxylic acids is 1. The maximum Gasteiger partial charge on any atom is 0.217 e. The van der Waals surface area contributed by atoms with Crippen molar-refractivity contribution in [2.75, 3.05) is 19.6 Å². The molecule has 1 amide bonds. The zero-order valence-electron chi connectivity index (χ0n) is 12.0. The fraction of sp³-hybridized carbons (Fsp3) is 0.857. The van der Waals surface area contributed by atoms with Crippen molar-refractivity contribution in [3.05, 3.63) is 0 Å². The van der Waals surface area contributed by atoms with Crippen molar-refractivity contribution < 1.29 is 4.79 Å². The lowest BCUT2D eigenvalue weighted by Crippen LogP contribution is -2.50. The standard InChI is InChI=1S/C14H25N3O/c1-11(18)16-13-7-12(8-14(2,3)4)9-17(10-13)6-5-15/h12-13H,6-10H2,1-4H3,(H,16,18). The summed E-state index contributed by atoms with van der Waals surface area (Å²) in [6.07, 6.45) is 2.16. The highest BCUT2D eigenvalue weighted by molar-refractivity contribution is 5.73. The largest absolute Gasteiger partial charge is 0.352 e. The molecule has 1 saturated heterocycles. The molecule has 2 unspecified atom stereocenters. The zero-order valence-corrected chi connectivity index (χ0v) is 12.0. The molecule has 1 aliphatic heterocycles. The van der Waals surface area contributed by atoms with E-state index in [1.807, 2.05) is 0 Å². The van der Waals surface area contributed by atoms with E-state index < -0.39 is 0 Å². The lowest BCUT2D eigenvalue weighted by molar-refractivity contribution is -0.120. The predicted octanol–water partition coefficient (Wildman–Crippen LogP) is 1.77. The maximum atomic E-state index is 11.2. The molecule has 0 aliphatic carbocycles. The molecule has 0 aromatic rings. The summed E-state index contributed by atoms with van der Waals surface area (Å²) in [5.41, 5.74) is 0.293. The van der Waals surface area contributed by atoms with Gasteiger partial charge in [0.15, 0.2) is 0 Å². The molecular formula is C14H25N3O. The van der Waals surface area contributed by atoms with Crippen LogP contribution in [0, 0.1) is 22.7 Å². The van der Waals surface area contributed by atoms with Crippen LogP contribution < -0.4 is 5.32 Å². The fourth-order valence-corrected chi connectivity index (χ4v) is 2.94. The second-order valence-corrected chi connectivity index (χ2v) is 6.62. The minimum Gasteiger partial charge on any atom is -0.352 e. The van der Waals surface area contributed by atoms with Crippen LogP contribution in [0.2, 0.25) is 0 Å². The van der Waals surface area contributed by atoms with Crippen LogP contribution in [0.4, 0.5) is 0 Å². The molecule has 102 valence electrons. The number of rotatable bonds is 3. The number of nitrogens with one attached hydrogen (secondary N) is 1. The Balaban J connectivity index is 2.62. The molecule has 0 aromatic carbocycles. The number of hydrogen-bond acceptors (Lipinski definition) is 3. The third-order valence-corrected chi connectivity index (χ3v) is 3.22. The zero-order chi connectivity index (χ0) is 13.8. The number of carbonyl (C=O) groups is 1. The van der Waals surface area contributed by atoms with Gasteiger partial charge in [-0.25, -0.2) is 0 Å². The predicted molar refractivity (Wildman–Crippen MR) is 71.8 cm³/mol. The topological polar surface area (TPSA) is 56.1 Å². The van der Waals surface area contributed by atoms with E-state index in [-0.39, 0.29) is 11.9 Å². The van der Waals surface area contributed by atoms with Gasteiger partial charge in [-0.05, 0) is 24.2 Å². The molecule has 0 radical (unpaired) electrons. The van der Waals surface area contributed by atoms with Gasteiger partial charge in [0, 0.05) is 26.1 Å². The second kappa shape index (κ2) is 6.19. The Morgan fingerprint density at radius 1 is 1.44 bits per heavy atom. The number of nitrogens with zero attached hydrogens (tertiary/aromatic N) is 2. The van der Waals surface area contributed by atoms with E-state index in [9.17, 15) is 4.79 Å². The highest BCUT2D eigenvalue weighted by Crippen LogP contribution is 2.30. The summed E-state index contributed by atoms with van der Waals surface area (Å²) in [7, 11) is 0. The van der Waals surface area contributed by atoms with E-state index >= 15 is 0 Å². The molecule has 1 rings (SSSR count). The summed E-state index contributed by atoms with van der Waals surface area (Å²) in [6.45, 7) is 10.5. The molecule has 2 atom stereocenters. The summed E-state index contributed by atoms with van der Waals surface area (Å²) < 4.78 is 0. The van der Waals surface area contributed by atoms with Gasteiger partial charge in [0.25, 0.3) is 0 Å². The number of amides is 1. The van der Waals surface area contributed by atoms with E-state index in [4.69, 9.17) is 5.26 Å². The van der Waals surface area contributed by atoms with E-state index in [1.165, 1.54) is 0 Å². The molecule has 4 nitrogen and oxygen atoms in total.